The highest BCUT2D eigenvalue weighted by molar-refractivity contribution is 5.93. The maximum absolute atomic E-state index is 13.8. The summed E-state index contributed by atoms with van der Waals surface area (Å²) in [6.07, 6.45) is 3.33. The highest BCUT2D eigenvalue weighted by atomic mass is 19.1. The van der Waals surface area contributed by atoms with Crippen LogP contribution in [0.25, 0.3) is 0 Å². The lowest BCUT2D eigenvalue weighted by Gasteiger charge is -2.32. The third-order valence-corrected chi connectivity index (χ3v) is 4.46. The molecule has 3 N–H and O–H groups in total. The zero-order valence-corrected chi connectivity index (χ0v) is 12.6. The molecule has 1 aromatic rings. The molecule has 1 fully saturated rings. The van der Waals surface area contributed by atoms with Gasteiger partial charge in [0.15, 0.2) is 0 Å². The number of carbonyl (C=O) groups excluding carboxylic acids is 1. The molecule has 0 saturated heterocycles. The molecule has 3 unspecified atom stereocenters. The third kappa shape index (κ3) is 4.02. The van der Waals surface area contributed by atoms with Gasteiger partial charge in [-0.05, 0) is 49.3 Å². The molecule has 5 heteroatoms. The van der Waals surface area contributed by atoms with Crippen molar-refractivity contribution in [2.24, 2.45) is 17.7 Å². The Balaban J connectivity index is 1.98. The summed E-state index contributed by atoms with van der Waals surface area (Å²) < 4.78 is 19.6. The molecular weight excluding hydrogens is 271 g/mol. The number of hydrogen-bond acceptors (Lipinski definition) is 3. The minimum Gasteiger partial charge on any atom is -0.373 e. The quantitative estimate of drug-likeness (QED) is 0.510. The molecule has 1 aliphatic carbocycles. The van der Waals surface area contributed by atoms with Gasteiger partial charge >= 0.3 is 0 Å². The van der Waals surface area contributed by atoms with Gasteiger partial charge in [0.1, 0.15) is 5.82 Å². The fourth-order valence-electron chi connectivity index (χ4n) is 2.77. The predicted molar refractivity (Wildman–Crippen MR) is 78.8 cm³/mol. The second-order valence-electron chi connectivity index (χ2n) is 5.98. The summed E-state index contributed by atoms with van der Waals surface area (Å²) in [5.74, 6) is 5.64. The number of ether oxygens (including phenoxy) is 1. The van der Waals surface area contributed by atoms with Gasteiger partial charge in [-0.3, -0.25) is 10.2 Å². The first-order valence-corrected chi connectivity index (χ1v) is 7.42. The van der Waals surface area contributed by atoms with Gasteiger partial charge in [0, 0.05) is 11.1 Å². The average molecular weight is 294 g/mol. The van der Waals surface area contributed by atoms with Gasteiger partial charge in [-0.15, -0.1) is 0 Å². The van der Waals surface area contributed by atoms with Crippen LogP contribution in [0.1, 0.15) is 49.0 Å². The van der Waals surface area contributed by atoms with E-state index in [-0.39, 0.29) is 18.5 Å². The zero-order chi connectivity index (χ0) is 15.4. The number of hydrogen-bond donors (Lipinski definition) is 2. The Kier molecular flexibility index (Phi) is 5.31. The van der Waals surface area contributed by atoms with Crippen molar-refractivity contribution in [2.75, 3.05) is 0 Å². The molecule has 0 aromatic heterocycles. The monoisotopic (exact) mass is 294 g/mol. The largest absolute Gasteiger partial charge is 0.373 e. The highest BCUT2D eigenvalue weighted by Gasteiger charge is 2.25. The first kappa shape index (κ1) is 15.9. The predicted octanol–water partition coefficient (Wildman–Crippen LogP) is 2.77. The van der Waals surface area contributed by atoms with E-state index in [2.05, 4.69) is 13.8 Å². The van der Waals surface area contributed by atoms with Crippen LogP contribution < -0.4 is 11.3 Å². The first-order chi connectivity index (χ1) is 10.0. The van der Waals surface area contributed by atoms with E-state index in [1.807, 2.05) is 5.43 Å². The van der Waals surface area contributed by atoms with Crippen molar-refractivity contribution in [3.63, 3.8) is 0 Å². The maximum atomic E-state index is 13.8. The number of amides is 1. The molecule has 1 saturated carbocycles. The third-order valence-electron chi connectivity index (χ3n) is 4.46. The minimum absolute atomic E-state index is 0.169. The number of nitrogen functional groups attached to an aromatic ring is 1. The number of rotatable bonds is 4. The lowest BCUT2D eigenvalue weighted by Crippen LogP contribution is -2.30. The second-order valence-corrected chi connectivity index (χ2v) is 5.98. The standard InChI is InChI=1S/C16H23FN2O2/c1-10-3-5-14(7-11(10)2)21-9-13-8-12(16(20)19-18)4-6-15(13)17/h4,6,8,10-11,14H,3,5,7,9,18H2,1-2H3,(H,19,20). The Morgan fingerprint density at radius 1 is 1.38 bits per heavy atom. The normalized spacial score (nSPS) is 25.6. The summed E-state index contributed by atoms with van der Waals surface area (Å²) >= 11 is 0. The van der Waals surface area contributed by atoms with Gasteiger partial charge in [-0.2, -0.15) is 0 Å². The van der Waals surface area contributed by atoms with E-state index in [1.165, 1.54) is 18.2 Å². The average Bonchev–Trinajstić information content (AvgIpc) is 2.49. The Labute approximate surface area is 124 Å². The van der Waals surface area contributed by atoms with E-state index < -0.39 is 5.91 Å². The van der Waals surface area contributed by atoms with E-state index in [0.29, 0.717) is 17.0 Å². The van der Waals surface area contributed by atoms with Crippen molar-refractivity contribution in [1.82, 2.24) is 5.43 Å². The molecule has 1 amide bonds. The molecule has 0 radical (unpaired) electrons. The van der Waals surface area contributed by atoms with Crippen LogP contribution in [0.15, 0.2) is 18.2 Å². The Bertz CT molecular complexity index is 507. The smallest absolute Gasteiger partial charge is 0.265 e. The van der Waals surface area contributed by atoms with Crippen LogP contribution in [0.5, 0.6) is 0 Å². The van der Waals surface area contributed by atoms with Crippen LogP contribution in [-0.2, 0) is 11.3 Å². The van der Waals surface area contributed by atoms with Crippen molar-refractivity contribution in [3.05, 3.63) is 35.1 Å². The van der Waals surface area contributed by atoms with Crippen LogP contribution in [-0.4, -0.2) is 12.0 Å². The molecule has 2 rings (SSSR count). The fraction of sp³-hybridized carbons (Fsp3) is 0.562. The summed E-state index contributed by atoms with van der Waals surface area (Å²) in [6.45, 7) is 4.67. The Morgan fingerprint density at radius 3 is 2.81 bits per heavy atom. The molecule has 21 heavy (non-hydrogen) atoms. The molecule has 0 heterocycles. The van der Waals surface area contributed by atoms with Gasteiger partial charge < -0.3 is 4.74 Å². The second kappa shape index (κ2) is 7.00. The molecule has 1 aliphatic rings. The lowest BCUT2D eigenvalue weighted by molar-refractivity contribution is -0.00847. The summed E-state index contributed by atoms with van der Waals surface area (Å²) in [5.41, 5.74) is 2.77. The molecular formula is C16H23FN2O2. The number of carbonyl (C=O) groups is 1. The summed E-state index contributed by atoms with van der Waals surface area (Å²) in [7, 11) is 0. The SMILES string of the molecule is CC1CCC(OCc2cc(C(=O)NN)ccc2F)CC1C. The molecule has 0 bridgehead atoms. The van der Waals surface area contributed by atoms with Crippen molar-refractivity contribution >= 4 is 5.91 Å². The summed E-state index contributed by atoms with van der Waals surface area (Å²) in [6, 6.07) is 4.17. The minimum atomic E-state index is -0.434. The summed E-state index contributed by atoms with van der Waals surface area (Å²) in [4.78, 5) is 11.5. The van der Waals surface area contributed by atoms with Crippen molar-refractivity contribution in [3.8, 4) is 0 Å². The van der Waals surface area contributed by atoms with Crippen LogP contribution in [0.4, 0.5) is 4.39 Å². The molecule has 4 nitrogen and oxygen atoms in total. The number of nitrogens with two attached hydrogens (primary N) is 1. The van der Waals surface area contributed by atoms with Gasteiger partial charge in [0.2, 0.25) is 0 Å². The van der Waals surface area contributed by atoms with Gasteiger partial charge in [-0.25, -0.2) is 10.2 Å². The van der Waals surface area contributed by atoms with Crippen LogP contribution in [0.2, 0.25) is 0 Å². The van der Waals surface area contributed by atoms with Crippen molar-refractivity contribution in [1.29, 1.82) is 0 Å². The van der Waals surface area contributed by atoms with E-state index in [0.717, 1.165) is 25.2 Å². The maximum Gasteiger partial charge on any atom is 0.265 e. The van der Waals surface area contributed by atoms with E-state index in [4.69, 9.17) is 10.6 Å². The van der Waals surface area contributed by atoms with Crippen LogP contribution >= 0.6 is 0 Å². The lowest BCUT2D eigenvalue weighted by atomic mass is 9.80. The summed E-state index contributed by atoms with van der Waals surface area (Å²) in [5, 5.41) is 0. The van der Waals surface area contributed by atoms with Gasteiger partial charge in [-0.1, -0.05) is 13.8 Å². The van der Waals surface area contributed by atoms with Crippen molar-refractivity contribution < 1.29 is 13.9 Å². The zero-order valence-electron chi connectivity index (χ0n) is 12.6. The topological polar surface area (TPSA) is 64.3 Å². The Hall–Kier alpha value is -1.46. The number of benzene rings is 1. The Morgan fingerprint density at radius 2 is 2.14 bits per heavy atom. The molecule has 0 spiro atoms. The fourth-order valence-corrected chi connectivity index (χ4v) is 2.77. The van der Waals surface area contributed by atoms with Crippen LogP contribution in [0.3, 0.4) is 0 Å². The molecule has 1 aromatic carbocycles. The molecule has 116 valence electrons. The van der Waals surface area contributed by atoms with E-state index in [9.17, 15) is 9.18 Å². The highest BCUT2D eigenvalue weighted by Crippen LogP contribution is 2.31. The van der Waals surface area contributed by atoms with E-state index >= 15 is 0 Å². The van der Waals surface area contributed by atoms with Gasteiger partial charge in [0.05, 0.1) is 12.7 Å². The first-order valence-electron chi connectivity index (χ1n) is 7.42. The van der Waals surface area contributed by atoms with Gasteiger partial charge in [0.25, 0.3) is 5.91 Å². The van der Waals surface area contributed by atoms with E-state index in [1.54, 1.807) is 0 Å². The van der Waals surface area contributed by atoms with Crippen LogP contribution in [0, 0.1) is 17.7 Å². The van der Waals surface area contributed by atoms with Crippen molar-refractivity contribution in [2.45, 2.75) is 45.8 Å². The molecule has 3 atom stereocenters. The number of halogens is 1. The number of hydrazine groups is 1. The number of nitrogens with one attached hydrogen (secondary N) is 1. The molecule has 0 aliphatic heterocycles.